The number of hydrogen-bond donors (Lipinski definition) is 1. The topological polar surface area (TPSA) is 49.8 Å². The number of unbranched alkanes of at least 4 members (excludes halogenated alkanes) is 9. The second-order valence-electron chi connectivity index (χ2n) is 7.31. The first-order valence-electron chi connectivity index (χ1n) is 10.8. The monoisotopic (exact) mass is 377 g/mol. The number of carboxylic acids is 1. The lowest BCUT2D eigenvalue weighted by Gasteiger charge is -2.26. The molecule has 0 aliphatic carbocycles. The van der Waals surface area contributed by atoms with Crippen LogP contribution in [0.2, 0.25) is 0 Å². The molecular weight excluding hydrogens is 338 g/mol. The summed E-state index contributed by atoms with van der Waals surface area (Å²) in [6.45, 7) is 7.76. The van der Waals surface area contributed by atoms with Crippen LogP contribution in [0.15, 0.2) is 30.3 Å². The largest absolute Gasteiger partial charge is 0.478 e. The normalized spacial score (nSPS) is 14.4. The van der Waals surface area contributed by atoms with Crippen LogP contribution in [0.1, 0.15) is 81.5 Å². The number of aromatic carboxylic acids is 1. The van der Waals surface area contributed by atoms with Crippen LogP contribution in [0.5, 0.6) is 0 Å². The zero-order valence-corrected chi connectivity index (χ0v) is 17.2. The first-order chi connectivity index (χ1) is 13.2. The van der Waals surface area contributed by atoms with Crippen molar-refractivity contribution >= 4 is 5.97 Å². The predicted octanol–water partition coefficient (Wildman–Crippen LogP) is 5.62. The van der Waals surface area contributed by atoms with E-state index in [9.17, 15) is 4.79 Å². The SMILES string of the molecule is CCCCCCCCCCCCN1CCOCC1.O=C(O)c1ccccc1. The Hall–Kier alpha value is -1.39. The predicted molar refractivity (Wildman–Crippen MR) is 113 cm³/mol. The second-order valence-corrected chi connectivity index (χ2v) is 7.31. The number of carbonyl (C=O) groups is 1. The molecule has 1 aromatic carbocycles. The third-order valence-electron chi connectivity index (χ3n) is 4.95. The van der Waals surface area contributed by atoms with Crippen LogP contribution >= 0.6 is 0 Å². The molecule has 1 heterocycles. The Labute approximate surface area is 165 Å². The number of morpholine rings is 1. The molecule has 1 aliphatic heterocycles. The molecule has 1 aliphatic rings. The Bertz CT molecular complexity index is 458. The zero-order valence-electron chi connectivity index (χ0n) is 17.2. The minimum Gasteiger partial charge on any atom is -0.478 e. The maximum absolute atomic E-state index is 10.2. The summed E-state index contributed by atoms with van der Waals surface area (Å²) in [6.07, 6.45) is 14.3. The highest BCUT2D eigenvalue weighted by Gasteiger charge is 2.08. The molecule has 0 aromatic heterocycles. The molecule has 1 saturated heterocycles. The number of benzene rings is 1. The molecule has 0 radical (unpaired) electrons. The third kappa shape index (κ3) is 13.4. The first-order valence-corrected chi connectivity index (χ1v) is 10.8. The van der Waals surface area contributed by atoms with Crippen molar-refractivity contribution in [2.75, 3.05) is 32.8 Å². The molecule has 4 heteroatoms. The van der Waals surface area contributed by atoms with Gasteiger partial charge >= 0.3 is 5.97 Å². The van der Waals surface area contributed by atoms with Crippen molar-refractivity contribution in [3.63, 3.8) is 0 Å². The molecule has 27 heavy (non-hydrogen) atoms. The molecule has 2 rings (SSSR count). The van der Waals surface area contributed by atoms with Gasteiger partial charge in [0.2, 0.25) is 0 Å². The van der Waals surface area contributed by atoms with E-state index in [4.69, 9.17) is 9.84 Å². The summed E-state index contributed by atoms with van der Waals surface area (Å²) in [4.78, 5) is 12.8. The van der Waals surface area contributed by atoms with E-state index < -0.39 is 5.97 Å². The fourth-order valence-electron chi connectivity index (χ4n) is 3.23. The van der Waals surface area contributed by atoms with Crippen molar-refractivity contribution in [1.82, 2.24) is 4.90 Å². The summed E-state index contributed by atoms with van der Waals surface area (Å²) in [5.41, 5.74) is 0.331. The Kier molecular flexibility index (Phi) is 14.7. The van der Waals surface area contributed by atoms with Crippen molar-refractivity contribution in [3.8, 4) is 0 Å². The molecule has 0 amide bonds. The van der Waals surface area contributed by atoms with Crippen molar-refractivity contribution < 1.29 is 14.6 Å². The van der Waals surface area contributed by atoms with Crippen molar-refractivity contribution in [3.05, 3.63) is 35.9 Å². The van der Waals surface area contributed by atoms with Crippen LogP contribution in [-0.2, 0) is 4.74 Å². The lowest BCUT2D eigenvalue weighted by atomic mass is 10.1. The van der Waals surface area contributed by atoms with Gasteiger partial charge in [0.15, 0.2) is 0 Å². The maximum Gasteiger partial charge on any atom is 0.335 e. The van der Waals surface area contributed by atoms with Crippen molar-refractivity contribution in [1.29, 1.82) is 0 Å². The van der Waals surface area contributed by atoms with E-state index in [1.807, 2.05) is 0 Å². The van der Waals surface area contributed by atoms with Gasteiger partial charge in [0.25, 0.3) is 0 Å². The van der Waals surface area contributed by atoms with Crippen molar-refractivity contribution in [2.24, 2.45) is 0 Å². The van der Waals surface area contributed by atoms with E-state index in [1.54, 1.807) is 30.3 Å². The zero-order chi connectivity index (χ0) is 19.6. The number of hydrogen-bond acceptors (Lipinski definition) is 3. The summed E-state index contributed by atoms with van der Waals surface area (Å²) < 4.78 is 5.36. The Morgan fingerprint density at radius 3 is 1.89 bits per heavy atom. The molecule has 154 valence electrons. The highest BCUT2D eigenvalue weighted by Crippen LogP contribution is 2.11. The molecule has 1 aromatic rings. The van der Waals surface area contributed by atoms with E-state index in [2.05, 4.69) is 11.8 Å². The Morgan fingerprint density at radius 1 is 0.889 bits per heavy atom. The molecule has 1 fully saturated rings. The van der Waals surface area contributed by atoms with Gasteiger partial charge in [-0.25, -0.2) is 4.79 Å². The van der Waals surface area contributed by atoms with Crippen LogP contribution in [0, 0.1) is 0 Å². The van der Waals surface area contributed by atoms with E-state index in [-0.39, 0.29) is 0 Å². The quantitative estimate of drug-likeness (QED) is 0.480. The smallest absolute Gasteiger partial charge is 0.335 e. The van der Waals surface area contributed by atoms with E-state index in [0.717, 1.165) is 26.3 Å². The van der Waals surface area contributed by atoms with E-state index in [1.165, 1.54) is 70.8 Å². The fourth-order valence-corrected chi connectivity index (χ4v) is 3.23. The molecule has 0 atom stereocenters. The molecule has 0 unspecified atom stereocenters. The van der Waals surface area contributed by atoms with Gasteiger partial charge < -0.3 is 9.84 Å². The third-order valence-corrected chi connectivity index (χ3v) is 4.95. The van der Waals surface area contributed by atoms with Crippen LogP contribution in [0.3, 0.4) is 0 Å². The molecule has 0 spiro atoms. The minimum atomic E-state index is -0.879. The van der Waals surface area contributed by atoms with Gasteiger partial charge in [-0.15, -0.1) is 0 Å². The second kappa shape index (κ2) is 16.8. The first kappa shape index (κ1) is 23.6. The van der Waals surface area contributed by atoms with Gasteiger partial charge in [-0.05, 0) is 25.1 Å². The maximum atomic E-state index is 10.2. The van der Waals surface area contributed by atoms with E-state index >= 15 is 0 Å². The number of ether oxygens (including phenoxy) is 1. The summed E-state index contributed by atoms with van der Waals surface area (Å²) in [5, 5.41) is 8.38. The highest BCUT2D eigenvalue weighted by molar-refractivity contribution is 5.87. The van der Waals surface area contributed by atoms with Gasteiger partial charge in [-0.3, -0.25) is 4.90 Å². The van der Waals surface area contributed by atoms with Gasteiger partial charge in [0, 0.05) is 13.1 Å². The Morgan fingerprint density at radius 2 is 1.41 bits per heavy atom. The van der Waals surface area contributed by atoms with Crippen LogP contribution in [-0.4, -0.2) is 48.8 Å². The Balaban J connectivity index is 0.000000337. The average molecular weight is 378 g/mol. The minimum absolute atomic E-state index is 0.331. The number of rotatable bonds is 12. The summed E-state index contributed by atoms with van der Waals surface area (Å²) in [6, 6.07) is 8.30. The van der Waals surface area contributed by atoms with Crippen molar-refractivity contribution in [2.45, 2.75) is 71.1 Å². The van der Waals surface area contributed by atoms with Gasteiger partial charge in [-0.1, -0.05) is 82.9 Å². The standard InChI is InChI=1S/C16H33NO.C7H6O2/c1-2-3-4-5-6-7-8-9-10-11-12-17-13-15-18-16-14-17;8-7(9)6-4-2-1-3-5-6/h2-16H2,1H3;1-5H,(H,8,9). The molecule has 1 N–H and O–H groups in total. The summed E-state index contributed by atoms with van der Waals surface area (Å²) >= 11 is 0. The summed E-state index contributed by atoms with van der Waals surface area (Å²) in [5.74, 6) is -0.879. The lowest BCUT2D eigenvalue weighted by Crippen LogP contribution is -2.36. The van der Waals surface area contributed by atoms with Gasteiger partial charge in [0.05, 0.1) is 18.8 Å². The highest BCUT2D eigenvalue weighted by atomic mass is 16.5. The number of nitrogens with zero attached hydrogens (tertiary/aromatic N) is 1. The molecule has 4 nitrogen and oxygen atoms in total. The molecule has 0 saturated carbocycles. The number of carboxylic acid groups (broad SMARTS) is 1. The molecular formula is C23H39NO3. The van der Waals surface area contributed by atoms with E-state index in [0.29, 0.717) is 5.56 Å². The average Bonchev–Trinajstić information content (AvgIpc) is 2.71. The fraction of sp³-hybridized carbons (Fsp3) is 0.696. The van der Waals surface area contributed by atoms with Crippen LogP contribution in [0.25, 0.3) is 0 Å². The summed E-state index contributed by atoms with van der Waals surface area (Å²) in [7, 11) is 0. The lowest BCUT2D eigenvalue weighted by molar-refractivity contribution is 0.0371. The van der Waals surface area contributed by atoms with Crippen LogP contribution in [0.4, 0.5) is 0 Å². The van der Waals surface area contributed by atoms with Crippen LogP contribution < -0.4 is 0 Å². The van der Waals surface area contributed by atoms with Gasteiger partial charge in [0.1, 0.15) is 0 Å². The molecule has 0 bridgehead atoms. The van der Waals surface area contributed by atoms with Gasteiger partial charge in [-0.2, -0.15) is 0 Å².